The minimum atomic E-state index is -0.865. The number of fused-ring (bicyclic) bond motifs is 1. The van der Waals surface area contributed by atoms with Gasteiger partial charge in [0.15, 0.2) is 0 Å². The summed E-state index contributed by atoms with van der Waals surface area (Å²) in [5.41, 5.74) is 7.89. The average Bonchev–Trinajstić information content (AvgIpc) is 2.71. The van der Waals surface area contributed by atoms with Crippen LogP contribution in [0, 0.1) is 5.92 Å². The molecule has 1 fully saturated rings. The van der Waals surface area contributed by atoms with Gasteiger partial charge in [-0.3, -0.25) is 4.98 Å². The first kappa shape index (κ1) is 22.2. The number of carbonyl (C=O) groups excluding carboxylic acids is 1. The highest BCUT2D eigenvalue weighted by molar-refractivity contribution is 5.78. The first-order chi connectivity index (χ1) is 14.2. The zero-order chi connectivity index (χ0) is 21.9. The number of pyridine rings is 2. The van der Waals surface area contributed by atoms with Crippen LogP contribution in [0.5, 0.6) is 5.88 Å². The number of nitrogens with two attached hydrogens (primary N) is 1. The van der Waals surface area contributed by atoms with Crippen molar-refractivity contribution in [2.45, 2.75) is 70.2 Å². The third-order valence-electron chi connectivity index (χ3n) is 5.52. The second-order valence-electron chi connectivity index (χ2n) is 8.90. The predicted molar refractivity (Wildman–Crippen MR) is 114 cm³/mol. The Kier molecular flexibility index (Phi) is 6.77. The second-order valence-corrected chi connectivity index (χ2v) is 8.90. The number of nitrogens with one attached hydrogen (secondary N) is 1. The topological polar surface area (TPSA) is 120 Å². The largest absolute Gasteiger partial charge is 0.481 e. The van der Waals surface area contributed by atoms with Gasteiger partial charge in [0, 0.05) is 29.9 Å². The molecule has 4 N–H and O–H groups in total. The van der Waals surface area contributed by atoms with E-state index in [1.54, 1.807) is 25.4 Å². The molecule has 3 rings (SSSR count). The van der Waals surface area contributed by atoms with E-state index < -0.39 is 23.8 Å². The molecule has 0 spiro atoms. The smallest absolute Gasteiger partial charge is 0.407 e. The Labute approximate surface area is 177 Å². The highest BCUT2D eigenvalue weighted by Gasteiger charge is 2.32. The molecule has 2 aromatic rings. The van der Waals surface area contributed by atoms with Crippen LogP contribution in [0.3, 0.4) is 0 Å². The van der Waals surface area contributed by atoms with Crippen LogP contribution in [0.15, 0.2) is 24.4 Å². The zero-order valence-electron chi connectivity index (χ0n) is 18.1. The number of hydrogen-bond donors (Lipinski definition) is 3. The number of nitrogens with zero attached hydrogens (tertiary/aromatic N) is 2. The fraction of sp³-hybridized carbons (Fsp3) is 0.591. The number of alkyl carbamates (subject to hydrolysis) is 1. The summed E-state index contributed by atoms with van der Waals surface area (Å²) in [6.45, 7) is 5.53. The van der Waals surface area contributed by atoms with E-state index in [9.17, 15) is 9.90 Å². The van der Waals surface area contributed by atoms with Crippen molar-refractivity contribution >= 4 is 17.1 Å². The van der Waals surface area contributed by atoms with Gasteiger partial charge in [0.25, 0.3) is 0 Å². The summed E-state index contributed by atoms with van der Waals surface area (Å²) in [5.74, 6) is 0.608. The van der Waals surface area contributed by atoms with E-state index >= 15 is 0 Å². The second kappa shape index (κ2) is 9.14. The van der Waals surface area contributed by atoms with Gasteiger partial charge in [0.1, 0.15) is 5.60 Å². The van der Waals surface area contributed by atoms with Gasteiger partial charge in [-0.15, -0.1) is 0 Å². The predicted octanol–water partition coefficient (Wildman–Crippen LogP) is 3.08. The number of rotatable bonds is 5. The lowest BCUT2D eigenvalue weighted by atomic mass is 9.79. The average molecular weight is 417 g/mol. The van der Waals surface area contributed by atoms with Crippen LogP contribution in [0.2, 0.25) is 0 Å². The van der Waals surface area contributed by atoms with Crippen LogP contribution < -0.4 is 15.8 Å². The van der Waals surface area contributed by atoms with Gasteiger partial charge in [0.05, 0.1) is 24.2 Å². The number of aliphatic hydroxyl groups is 1. The monoisotopic (exact) mass is 416 g/mol. The molecule has 164 valence electrons. The fourth-order valence-electron chi connectivity index (χ4n) is 3.97. The van der Waals surface area contributed by atoms with Gasteiger partial charge in [-0.2, -0.15) is 0 Å². The van der Waals surface area contributed by atoms with Crippen LogP contribution in [-0.2, 0) is 4.74 Å². The van der Waals surface area contributed by atoms with E-state index in [4.69, 9.17) is 15.2 Å². The van der Waals surface area contributed by atoms with E-state index in [1.807, 2.05) is 26.8 Å². The number of aliphatic hydroxyl groups excluding tert-OH is 1. The zero-order valence-corrected chi connectivity index (χ0v) is 18.1. The van der Waals surface area contributed by atoms with Crippen molar-refractivity contribution in [1.29, 1.82) is 0 Å². The van der Waals surface area contributed by atoms with Crippen LogP contribution in [0.1, 0.15) is 58.1 Å². The quantitative estimate of drug-likeness (QED) is 0.685. The maximum atomic E-state index is 12.0. The van der Waals surface area contributed by atoms with E-state index in [1.165, 1.54) is 0 Å². The molecule has 1 aliphatic carbocycles. The van der Waals surface area contributed by atoms with E-state index in [0.717, 1.165) is 25.7 Å². The van der Waals surface area contributed by atoms with Gasteiger partial charge in [0.2, 0.25) is 5.88 Å². The summed E-state index contributed by atoms with van der Waals surface area (Å²) in [7, 11) is 1.55. The number of aromatic nitrogens is 2. The van der Waals surface area contributed by atoms with E-state index in [2.05, 4.69) is 15.3 Å². The number of ether oxygens (including phenoxy) is 2. The van der Waals surface area contributed by atoms with Crippen molar-refractivity contribution in [3.05, 3.63) is 30.0 Å². The molecule has 30 heavy (non-hydrogen) atoms. The number of amides is 1. The molecule has 0 aliphatic heterocycles. The Morgan fingerprint density at radius 3 is 2.57 bits per heavy atom. The van der Waals surface area contributed by atoms with E-state index in [-0.39, 0.29) is 12.0 Å². The molecule has 0 aromatic carbocycles. The third kappa shape index (κ3) is 5.37. The number of hydrogen-bond acceptors (Lipinski definition) is 7. The van der Waals surface area contributed by atoms with Crippen molar-refractivity contribution in [1.82, 2.24) is 15.3 Å². The lowest BCUT2D eigenvalue weighted by Gasteiger charge is -2.35. The Balaban J connectivity index is 1.63. The molecule has 0 unspecified atom stereocenters. The molecule has 1 aliphatic rings. The standard InChI is InChI=1S/C22H32N4O4/c1-22(2,3)30-21(28)25-14-7-5-13(6-8-14)18(23)20(27)15-11-12-24-16-9-10-17(29-4)26-19(15)16/h9-14,18,20,27H,5-8,23H2,1-4H3,(H,25,28)/t13-,14-,18-,20-/m1/s1. The third-order valence-corrected chi connectivity index (χ3v) is 5.52. The normalized spacial score (nSPS) is 21.7. The van der Waals surface area contributed by atoms with Crippen LogP contribution in [0.25, 0.3) is 11.0 Å². The van der Waals surface area contributed by atoms with Crippen LogP contribution >= 0.6 is 0 Å². The Bertz CT molecular complexity index is 875. The highest BCUT2D eigenvalue weighted by Crippen LogP contribution is 2.33. The molecule has 0 radical (unpaired) electrons. The first-order valence-corrected chi connectivity index (χ1v) is 10.4. The Morgan fingerprint density at radius 1 is 1.23 bits per heavy atom. The lowest BCUT2D eigenvalue weighted by Crippen LogP contribution is -2.44. The van der Waals surface area contributed by atoms with Gasteiger partial charge in [-0.1, -0.05) is 0 Å². The van der Waals surface area contributed by atoms with Crippen molar-refractivity contribution in [2.75, 3.05) is 7.11 Å². The molecule has 1 amide bonds. The molecular weight excluding hydrogens is 384 g/mol. The molecule has 2 heterocycles. The highest BCUT2D eigenvalue weighted by atomic mass is 16.6. The van der Waals surface area contributed by atoms with Gasteiger partial charge >= 0.3 is 6.09 Å². The maximum Gasteiger partial charge on any atom is 0.407 e. The summed E-state index contributed by atoms with van der Waals surface area (Å²) >= 11 is 0. The summed E-state index contributed by atoms with van der Waals surface area (Å²) < 4.78 is 10.5. The van der Waals surface area contributed by atoms with Gasteiger partial charge in [-0.25, -0.2) is 9.78 Å². The molecule has 0 saturated heterocycles. The minimum Gasteiger partial charge on any atom is -0.481 e. The Hall–Kier alpha value is -2.45. The maximum absolute atomic E-state index is 12.0. The fourth-order valence-corrected chi connectivity index (χ4v) is 3.97. The van der Waals surface area contributed by atoms with Crippen molar-refractivity contribution in [3.8, 4) is 5.88 Å². The van der Waals surface area contributed by atoms with Crippen molar-refractivity contribution in [2.24, 2.45) is 11.7 Å². The number of methoxy groups -OCH3 is 1. The molecule has 8 nitrogen and oxygen atoms in total. The number of carbonyl (C=O) groups is 1. The summed E-state index contributed by atoms with van der Waals surface area (Å²) in [4.78, 5) is 20.8. The van der Waals surface area contributed by atoms with E-state index in [0.29, 0.717) is 22.5 Å². The molecule has 0 bridgehead atoms. The molecule has 2 atom stereocenters. The minimum absolute atomic E-state index is 0.0631. The van der Waals surface area contributed by atoms with Crippen LogP contribution in [-0.4, -0.2) is 46.0 Å². The summed E-state index contributed by atoms with van der Waals surface area (Å²) in [6, 6.07) is 4.94. The molecule has 8 heteroatoms. The first-order valence-electron chi connectivity index (χ1n) is 10.4. The summed E-state index contributed by atoms with van der Waals surface area (Å²) in [6.07, 6.45) is 3.63. The van der Waals surface area contributed by atoms with Gasteiger partial charge in [-0.05, 0) is 64.5 Å². The van der Waals surface area contributed by atoms with Gasteiger partial charge < -0.3 is 25.6 Å². The Morgan fingerprint density at radius 2 is 1.93 bits per heavy atom. The molecule has 2 aromatic heterocycles. The lowest BCUT2D eigenvalue weighted by molar-refractivity contribution is 0.0472. The van der Waals surface area contributed by atoms with Crippen molar-refractivity contribution in [3.63, 3.8) is 0 Å². The summed E-state index contributed by atoms with van der Waals surface area (Å²) in [5, 5.41) is 14.0. The SMILES string of the molecule is COc1ccc2nccc([C@@H](O)[C@H](N)[C@H]3CC[C@H](NC(=O)OC(C)(C)C)CC3)c2n1. The van der Waals surface area contributed by atoms with Crippen molar-refractivity contribution < 1.29 is 19.4 Å². The molecule has 1 saturated carbocycles. The molecular formula is C22H32N4O4. The van der Waals surface area contributed by atoms with Crippen LogP contribution in [0.4, 0.5) is 4.79 Å².